The van der Waals surface area contributed by atoms with E-state index in [1.54, 1.807) is 0 Å². The van der Waals surface area contributed by atoms with Gasteiger partial charge in [-0.15, -0.1) is 0 Å². The van der Waals surface area contributed by atoms with Crippen LogP contribution in [-0.2, 0) is 28.7 Å². The first-order valence-corrected chi connectivity index (χ1v) is 14.9. The SMILES string of the molecule is CC(C)C[C@H](NC(=O)CCC(=O)OCC(=O)[C@@]1(O)CC[C@@H]2[C@@H]3CCC4=CC(=O)CC[C@]4(C)[C@H]3CC[C@@]21C)C(=O)O. The van der Waals surface area contributed by atoms with Crippen molar-refractivity contribution in [2.24, 2.45) is 34.5 Å². The fourth-order valence-electron chi connectivity index (χ4n) is 8.55. The van der Waals surface area contributed by atoms with Gasteiger partial charge < -0.3 is 20.3 Å². The zero-order valence-corrected chi connectivity index (χ0v) is 24.3. The smallest absolute Gasteiger partial charge is 0.326 e. The van der Waals surface area contributed by atoms with Crippen LogP contribution in [0, 0.1) is 34.5 Å². The van der Waals surface area contributed by atoms with E-state index >= 15 is 0 Å². The third kappa shape index (κ3) is 5.50. The maximum atomic E-state index is 13.4. The molecule has 0 heterocycles. The number of nitrogens with one attached hydrogen (secondary N) is 1. The van der Waals surface area contributed by atoms with Gasteiger partial charge in [-0.25, -0.2) is 4.79 Å². The number of aliphatic hydroxyl groups is 1. The van der Waals surface area contributed by atoms with Crippen LogP contribution in [-0.4, -0.2) is 57.9 Å². The van der Waals surface area contributed by atoms with Crippen molar-refractivity contribution < 1.29 is 38.9 Å². The maximum Gasteiger partial charge on any atom is 0.326 e. The average molecular weight is 560 g/mol. The second-order valence-corrected chi connectivity index (χ2v) is 13.5. The molecule has 0 radical (unpaired) electrons. The lowest BCUT2D eigenvalue weighted by atomic mass is 9.46. The molecule has 40 heavy (non-hydrogen) atoms. The number of hydrogen-bond acceptors (Lipinski definition) is 7. The molecular weight excluding hydrogens is 514 g/mol. The molecule has 4 aliphatic carbocycles. The number of Topliss-reactive ketones (excluding diaryl/α,β-unsaturated/α-hetero) is 1. The van der Waals surface area contributed by atoms with E-state index in [4.69, 9.17) is 4.74 Å². The van der Waals surface area contributed by atoms with Gasteiger partial charge in [-0.2, -0.15) is 0 Å². The number of aliphatic carboxylic acids is 1. The first-order chi connectivity index (χ1) is 18.7. The highest BCUT2D eigenvalue weighted by Gasteiger charge is 2.66. The van der Waals surface area contributed by atoms with Crippen molar-refractivity contribution in [1.82, 2.24) is 5.32 Å². The van der Waals surface area contributed by atoms with Gasteiger partial charge in [0.05, 0.1) is 6.42 Å². The Labute approximate surface area is 236 Å². The van der Waals surface area contributed by atoms with Crippen molar-refractivity contribution in [1.29, 1.82) is 0 Å². The van der Waals surface area contributed by atoms with Gasteiger partial charge in [0.2, 0.25) is 11.7 Å². The van der Waals surface area contributed by atoms with Crippen LogP contribution in [0.25, 0.3) is 0 Å². The lowest BCUT2D eigenvalue weighted by Gasteiger charge is -2.58. The minimum Gasteiger partial charge on any atom is -0.480 e. The molecule has 0 aliphatic heterocycles. The first-order valence-electron chi connectivity index (χ1n) is 14.9. The molecule has 3 saturated carbocycles. The number of amides is 1. The van der Waals surface area contributed by atoms with Crippen molar-refractivity contribution in [3.8, 4) is 0 Å². The van der Waals surface area contributed by atoms with Gasteiger partial charge in [-0.1, -0.05) is 33.3 Å². The van der Waals surface area contributed by atoms with E-state index < -0.39 is 47.3 Å². The highest BCUT2D eigenvalue weighted by Crippen LogP contribution is 2.67. The lowest BCUT2D eigenvalue weighted by Crippen LogP contribution is -2.58. The van der Waals surface area contributed by atoms with E-state index in [2.05, 4.69) is 12.2 Å². The number of allylic oxidation sites excluding steroid dienone is 1. The number of hydrogen-bond donors (Lipinski definition) is 3. The van der Waals surface area contributed by atoms with Gasteiger partial charge >= 0.3 is 11.9 Å². The zero-order valence-electron chi connectivity index (χ0n) is 24.3. The molecule has 4 rings (SSSR count). The summed E-state index contributed by atoms with van der Waals surface area (Å²) in [6, 6.07) is -1.03. The minimum absolute atomic E-state index is 0.00393. The van der Waals surface area contributed by atoms with Gasteiger partial charge in [0, 0.05) is 18.3 Å². The Morgan fingerprint density at radius 1 is 1.02 bits per heavy atom. The number of carbonyl (C=O) groups is 5. The molecule has 0 aromatic heterocycles. The second-order valence-electron chi connectivity index (χ2n) is 13.5. The summed E-state index contributed by atoms with van der Waals surface area (Å²) in [5, 5.41) is 23.5. The predicted molar refractivity (Wildman–Crippen MR) is 146 cm³/mol. The molecule has 0 aromatic carbocycles. The van der Waals surface area contributed by atoms with Gasteiger partial charge in [0.1, 0.15) is 11.6 Å². The van der Waals surface area contributed by atoms with Gasteiger partial charge in [0.25, 0.3) is 0 Å². The zero-order chi connectivity index (χ0) is 29.5. The highest BCUT2D eigenvalue weighted by molar-refractivity contribution is 5.92. The van der Waals surface area contributed by atoms with E-state index in [-0.39, 0.29) is 42.3 Å². The summed E-state index contributed by atoms with van der Waals surface area (Å²) in [4.78, 5) is 61.3. The van der Waals surface area contributed by atoms with Crippen LogP contribution in [0.15, 0.2) is 11.6 Å². The summed E-state index contributed by atoms with van der Waals surface area (Å²) >= 11 is 0. The Bertz CT molecular complexity index is 1100. The molecule has 3 N–H and O–H groups in total. The molecule has 4 aliphatic rings. The molecule has 1 amide bonds. The van der Waals surface area contributed by atoms with Gasteiger partial charge in [-0.05, 0) is 86.5 Å². The molecule has 7 atom stereocenters. The monoisotopic (exact) mass is 559 g/mol. The molecule has 0 unspecified atom stereocenters. The molecule has 3 fully saturated rings. The van der Waals surface area contributed by atoms with Crippen LogP contribution in [0.1, 0.15) is 98.3 Å². The maximum absolute atomic E-state index is 13.4. The van der Waals surface area contributed by atoms with Gasteiger partial charge in [0.15, 0.2) is 12.4 Å². The van der Waals surface area contributed by atoms with Crippen LogP contribution in [0.4, 0.5) is 0 Å². The standard InChI is InChI=1S/C31H45NO8/c1-18(2)15-24(28(37)38)32-26(35)7-8-27(36)40-17-25(34)31(39)14-11-23-21-6-5-19-16-20(33)9-12-29(19,3)22(21)10-13-30(23,31)4/h16,18,21-24,39H,5-15,17H2,1-4H3,(H,32,35)(H,37,38)/t21-,22+,23-,24+,29+,30+,31+/m1/s1. The number of rotatable bonds is 10. The van der Waals surface area contributed by atoms with Crippen molar-refractivity contribution in [2.45, 2.75) is 110 Å². The topological polar surface area (TPSA) is 147 Å². The molecular formula is C31H45NO8. The summed E-state index contributed by atoms with van der Waals surface area (Å²) in [6.07, 6.45) is 7.57. The van der Waals surface area contributed by atoms with Crippen molar-refractivity contribution in [3.05, 3.63) is 11.6 Å². The van der Waals surface area contributed by atoms with Gasteiger partial charge in [-0.3, -0.25) is 19.2 Å². The summed E-state index contributed by atoms with van der Waals surface area (Å²) in [5.41, 5.74) is -0.908. The molecule has 9 nitrogen and oxygen atoms in total. The fraction of sp³-hybridized carbons (Fsp3) is 0.774. The minimum atomic E-state index is -1.58. The van der Waals surface area contributed by atoms with Crippen LogP contribution in [0.5, 0.6) is 0 Å². The second kappa shape index (κ2) is 11.4. The summed E-state index contributed by atoms with van der Waals surface area (Å²) < 4.78 is 5.19. The normalized spacial score (nSPS) is 35.6. The quantitative estimate of drug-likeness (QED) is 0.343. The Balaban J connectivity index is 1.33. The Kier molecular flexibility index (Phi) is 8.65. The van der Waals surface area contributed by atoms with Crippen LogP contribution in [0.3, 0.4) is 0 Å². The number of carboxylic acid groups (broad SMARTS) is 1. The van der Waals surface area contributed by atoms with E-state index in [0.29, 0.717) is 31.1 Å². The van der Waals surface area contributed by atoms with E-state index in [9.17, 15) is 34.2 Å². The fourth-order valence-corrected chi connectivity index (χ4v) is 8.55. The third-order valence-corrected chi connectivity index (χ3v) is 10.8. The number of fused-ring (bicyclic) bond motifs is 5. The van der Waals surface area contributed by atoms with Crippen LogP contribution < -0.4 is 5.32 Å². The summed E-state index contributed by atoms with van der Waals surface area (Å²) in [5.74, 6) is -1.65. The molecule has 9 heteroatoms. The van der Waals surface area contributed by atoms with E-state index in [1.165, 1.54) is 5.57 Å². The summed E-state index contributed by atoms with van der Waals surface area (Å²) in [6.45, 7) is 7.46. The average Bonchev–Trinajstić information content (AvgIpc) is 3.17. The Morgan fingerprint density at radius 2 is 1.73 bits per heavy atom. The molecule has 0 bridgehead atoms. The molecule has 0 saturated heterocycles. The first kappa shape index (κ1) is 30.4. The number of carboxylic acids is 1. The number of ether oxygens (including phenoxy) is 1. The Morgan fingerprint density at radius 3 is 2.40 bits per heavy atom. The number of carbonyl (C=O) groups excluding carboxylic acids is 4. The third-order valence-electron chi connectivity index (χ3n) is 10.8. The molecule has 0 spiro atoms. The summed E-state index contributed by atoms with van der Waals surface area (Å²) in [7, 11) is 0. The van der Waals surface area contributed by atoms with Crippen molar-refractivity contribution in [2.75, 3.05) is 6.61 Å². The predicted octanol–water partition coefficient (Wildman–Crippen LogP) is 3.76. The Hall–Kier alpha value is -2.55. The van der Waals surface area contributed by atoms with Crippen LogP contribution in [0.2, 0.25) is 0 Å². The number of esters is 1. The largest absolute Gasteiger partial charge is 0.480 e. The van der Waals surface area contributed by atoms with Crippen molar-refractivity contribution in [3.63, 3.8) is 0 Å². The van der Waals surface area contributed by atoms with E-state index in [1.807, 2.05) is 26.8 Å². The van der Waals surface area contributed by atoms with E-state index in [0.717, 1.165) is 32.1 Å². The van der Waals surface area contributed by atoms with Crippen molar-refractivity contribution >= 4 is 29.4 Å². The number of ketones is 2. The van der Waals surface area contributed by atoms with Crippen LogP contribution >= 0.6 is 0 Å². The molecule has 222 valence electrons. The highest BCUT2D eigenvalue weighted by atomic mass is 16.5. The lowest BCUT2D eigenvalue weighted by molar-refractivity contribution is -0.170. The molecule has 0 aromatic rings.